The molecular formula is C22H34N6O3S. The van der Waals surface area contributed by atoms with Crippen LogP contribution in [0.3, 0.4) is 0 Å². The Kier molecular flexibility index (Phi) is 7.36. The number of anilines is 1. The monoisotopic (exact) mass is 462 g/mol. The first-order valence-electron chi connectivity index (χ1n) is 11.0. The minimum atomic E-state index is -3.86. The van der Waals surface area contributed by atoms with Crippen molar-refractivity contribution in [3.63, 3.8) is 0 Å². The third kappa shape index (κ3) is 5.54. The van der Waals surface area contributed by atoms with Crippen molar-refractivity contribution in [2.75, 3.05) is 32.5 Å². The van der Waals surface area contributed by atoms with Gasteiger partial charge in [-0.15, -0.1) is 4.09 Å². The van der Waals surface area contributed by atoms with E-state index < -0.39 is 10.2 Å². The molecule has 0 radical (unpaired) electrons. The van der Waals surface area contributed by atoms with Gasteiger partial charge in [-0.2, -0.15) is 17.8 Å². The molecule has 9 nitrogen and oxygen atoms in total. The summed E-state index contributed by atoms with van der Waals surface area (Å²) in [6.07, 6.45) is 3.23. The number of nitrogens with zero attached hydrogens (tertiary/aromatic N) is 5. The van der Waals surface area contributed by atoms with E-state index in [1.807, 2.05) is 20.8 Å². The molecule has 32 heavy (non-hydrogen) atoms. The highest BCUT2D eigenvalue weighted by Crippen LogP contribution is 2.30. The fourth-order valence-electron chi connectivity index (χ4n) is 4.36. The minimum Gasteiger partial charge on any atom is -0.310 e. The van der Waals surface area contributed by atoms with Gasteiger partial charge in [0.25, 0.3) is 0 Å². The van der Waals surface area contributed by atoms with Crippen LogP contribution in [0.15, 0.2) is 18.2 Å². The molecule has 1 unspecified atom stereocenters. The Balaban J connectivity index is 1.81. The standard InChI is InChI=1S/C22H34N6O3S/c1-15-10-20(11-16(2)23-15)12-19-8-7-9-27(14-19)17(3)21-13-22(24-18(4)29)28(25-21)32(30,31)26(5)6/h10-11,13,17,19H,7-9,12,14H2,1-6H3,(H,24,29)/t17?,19-/m1/s1. The smallest absolute Gasteiger partial charge is 0.310 e. The molecule has 0 saturated carbocycles. The molecule has 3 rings (SSSR count). The maximum atomic E-state index is 12.7. The zero-order valence-corrected chi connectivity index (χ0v) is 20.6. The van der Waals surface area contributed by atoms with Crippen LogP contribution in [0.1, 0.15) is 55.4 Å². The van der Waals surface area contributed by atoms with E-state index in [-0.39, 0.29) is 17.8 Å². The van der Waals surface area contributed by atoms with Gasteiger partial charge in [0.05, 0.1) is 11.7 Å². The highest BCUT2D eigenvalue weighted by molar-refractivity contribution is 7.87. The van der Waals surface area contributed by atoms with Gasteiger partial charge in [0.2, 0.25) is 5.91 Å². The van der Waals surface area contributed by atoms with Crippen molar-refractivity contribution in [1.29, 1.82) is 0 Å². The Hall–Kier alpha value is -2.30. The second-order valence-corrected chi connectivity index (χ2v) is 10.9. The van der Waals surface area contributed by atoms with Crippen LogP contribution in [-0.2, 0) is 21.4 Å². The molecular weight excluding hydrogens is 428 g/mol. The molecule has 10 heteroatoms. The zero-order valence-electron chi connectivity index (χ0n) is 19.8. The van der Waals surface area contributed by atoms with Crippen molar-refractivity contribution in [3.05, 3.63) is 40.8 Å². The summed E-state index contributed by atoms with van der Waals surface area (Å²) in [7, 11) is -0.977. The number of carbonyl (C=O) groups is 1. The lowest BCUT2D eigenvalue weighted by Gasteiger charge is -2.36. The number of aryl methyl sites for hydroxylation is 2. The zero-order chi connectivity index (χ0) is 23.6. The number of hydrogen-bond acceptors (Lipinski definition) is 6. The van der Waals surface area contributed by atoms with E-state index >= 15 is 0 Å². The number of aromatic nitrogens is 3. The molecule has 2 atom stereocenters. The predicted molar refractivity (Wildman–Crippen MR) is 125 cm³/mol. The highest BCUT2D eigenvalue weighted by Gasteiger charge is 2.29. The minimum absolute atomic E-state index is 0.0789. The Morgan fingerprint density at radius 1 is 1.25 bits per heavy atom. The number of amides is 1. The van der Waals surface area contributed by atoms with Gasteiger partial charge < -0.3 is 5.32 Å². The van der Waals surface area contributed by atoms with Gasteiger partial charge in [-0.3, -0.25) is 14.7 Å². The first kappa shape index (κ1) is 24.3. The molecule has 2 aromatic heterocycles. The van der Waals surface area contributed by atoms with Gasteiger partial charge in [-0.25, -0.2) is 0 Å². The first-order chi connectivity index (χ1) is 15.0. The van der Waals surface area contributed by atoms with Crippen molar-refractivity contribution in [1.82, 2.24) is 23.4 Å². The topological polar surface area (TPSA) is 100 Å². The van der Waals surface area contributed by atoms with Crippen LogP contribution in [0.4, 0.5) is 5.82 Å². The number of hydrogen-bond donors (Lipinski definition) is 1. The third-order valence-electron chi connectivity index (χ3n) is 5.87. The van der Waals surface area contributed by atoms with Crippen molar-refractivity contribution in [2.45, 2.75) is 53.0 Å². The van der Waals surface area contributed by atoms with Crippen molar-refractivity contribution >= 4 is 21.9 Å². The molecule has 1 fully saturated rings. The number of piperidine rings is 1. The summed E-state index contributed by atoms with van der Waals surface area (Å²) < 4.78 is 27.4. The molecule has 176 valence electrons. The molecule has 0 bridgehead atoms. The van der Waals surface area contributed by atoms with E-state index in [0.29, 0.717) is 11.6 Å². The van der Waals surface area contributed by atoms with E-state index in [9.17, 15) is 13.2 Å². The van der Waals surface area contributed by atoms with Gasteiger partial charge >= 0.3 is 10.2 Å². The van der Waals surface area contributed by atoms with E-state index in [0.717, 1.165) is 52.1 Å². The molecule has 0 aliphatic carbocycles. The lowest BCUT2D eigenvalue weighted by atomic mass is 9.90. The maximum Gasteiger partial charge on any atom is 0.324 e. The molecule has 0 spiro atoms. The molecule has 1 amide bonds. The number of rotatable bonds is 7. The molecule has 2 aromatic rings. The average molecular weight is 463 g/mol. The Bertz CT molecular complexity index is 1060. The maximum absolute atomic E-state index is 12.7. The van der Waals surface area contributed by atoms with Crippen LogP contribution in [-0.4, -0.2) is 64.9 Å². The lowest BCUT2D eigenvalue weighted by molar-refractivity contribution is -0.114. The molecule has 1 aliphatic rings. The molecule has 3 heterocycles. The Morgan fingerprint density at radius 2 is 1.91 bits per heavy atom. The predicted octanol–water partition coefficient (Wildman–Crippen LogP) is 2.52. The summed E-state index contributed by atoms with van der Waals surface area (Å²) in [6, 6.07) is 5.89. The average Bonchev–Trinajstić information content (AvgIpc) is 3.10. The SMILES string of the molecule is CC(=O)Nc1cc(C(C)N2CCC[C@H](Cc3cc(C)nc(C)c3)C2)nn1S(=O)(=O)N(C)C. The van der Waals surface area contributed by atoms with E-state index in [1.54, 1.807) is 6.07 Å². The van der Waals surface area contributed by atoms with Crippen LogP contribution in [0, 0.1) is 19.8 Å². The van der Waals surface area contributed by atoms with Crippen LogP contribution >= 0.6 is 0 Å². The molecule has 1 N–H and O–H groups in total. The van der Waals surface area contributed by atoms with Crippen LogP contribution in [0.5, 0.6) is 0 Å². The number of carbonyl (C=O) groups excluding carboxylic acids is 1. The fourth-order valence-corrected chi connectivity index (χ4v) is 5.21. The van der Waals surface area contributed by atoms with E-state index in [2.05, 4.69) is 32.4 Å². The quantitative estimate of drug-likeness (QED) is 0.679. The summed E-state index contributed by atoms with van der Waals surface area (Å²) in [5, 5.41) is 6.98. The molecule has 1 aliphatic heterocycles. The van der Waals surface area contributed by atoms with Crippen molar-refractivity contribution < 1.29 is 13.2 Å². The summed E-state index contributed by atoms with van der Waals surface area (Å²) in [5.41, 5.74) is 4.01. The fraction of sp³-hybridized carbons (Fsp3) is 0.591. The van der Waals surface area contributed by atoms with E-state index in [1.165, 1.54) is 26.6 Å². The second kappa shape index (κ2) is 9.68. The number of nitrogens with one attached hydrogen (secondary N) is 1. The lowest BCUT2D eigenvalue weighted by Crippen LogP contribution is -2.38. The third-order valence-corrected chi connectivity index (χ3v) is 7.51. The van der Waals surface area contributed by atoms with Crippen LogP contribution < -0.4 is 5.32 Å². The van der Waals surface area contributed by atoms with Crippen molar-refractivity contribution in [3.8, 4) is 0 Å². The normalized spacial score (nSPS) is 18.7. The number of likely N-dealkylation sites (tertiary alicyclic amines) is 1. The van der Waals surface area contributed by atoms with Gasteiger partial charge in [-0.1, -0.05) is 0 Å². The van der Waals surface area contributed by atoms with Gasteiger partial charge in [-0.05, 0) is 70.2 Å². The summed E-state index contributed by atoms with van der Waals surface area (Å²) in [5.74, 6) is 0.319. The Labute approximate surface area is 191 Å². The van der Waals surface area contributed by atoms with Crippen LogP contribution in [0.25, 0.3) is 0 Å². The highest BCUT2D eigenvalue weighted by atomic mass is 32.2. The first-order valence-corrected chi connectivity index (χ1v) is 12.4. The van der Waals surface area contributed by atoms with Gasteiger partial charge in [0.15, 0.2) is 0 Å². The van der Waals surface area contributed by atoms with Gasteiger partial charge in [0.1, 0.15) is 5.82 Å². The second-order valence-electron chi connectivity index (χ2n) is 8.91. The summed E-state index contributed by atoms with van der Waals surface area (Å²) in [4.78, 5) is 18.5. The molecule has 1 saturated heterocycles. The van der Waals surface area contributed by atoms with Gasteiger partial charge in [0, 0.05) is 45.0 Å². The van der Waals surface area contributed by atoms with Crippen molar-refractivity contribution in [2.24, 2.45) is 5.92 Å². The summed E-state index contributed by atoms with van der Waals surface area (Å²) >= 11 is 0. The largest absolute Gasteiger partial charge is 0.324 e. The Morgan fingerprint density at radius 3 is 2.50 bits per heavy atom. The van der Waals surface area contributed by atoms with Crippen LogP contribution in [0.2, 0.25) is 0 Å². The number of pyridine rings is 1. The summed E-state index contributed by atoms with van der Waals surface area (Å²) in [6.45, 7) is 9.27. The molecule has 0 aromatic carbocycles. The van der Waals surface area contributed by atoms with E-state index in [4.69, 9.17) is 0 Å².